The van der Waals surface area contributed by atoms with Crippen LogP contribution in [0, 0.1) is 5.41 Å². The maximum Gasteiger partial charge on any atom is 0.490 e. The third-order valence-corrected chi connectivity index (χ3v) is 5.53. The molecule has 0 heterocycles. The van der Waals surface area contributed by atoms with Crippen LogP contribution in [0.2, 0.25) is 0 Å². The predicted molar refractivity (Wildman–Crippen MR) is 151 cm³/mol. The number of rotatable bonds is 11. The van der Waals surface area contributed by atoms with E-state index < -0.39 is 30.1 Å². The fraction of sp³-hybridized carbons (Fsp3) is 0.214. The molecule has 0 bridgehead atoms. The Morgan fingerprint density at radius 3 is 2.02 bits per heavy atom. The van der Waals surface area contributed by atoms with Crippen molar-refractivity contribution in [2.24, 2.45) is 11.6 Å². The number of aliphatic carboxylic acids is 1. The van der Waals surface area contributed by atoms with Crippen molar-refractivity contribution in [2.45, 2.75) is 26.1 Å². The molecule has 3 aromatic carbocycles. The number of nitrogens with two attached hydrogens (primary N) is 2. The van der Waals surface area contributed by atoms with Crippen LogP contribution in [0.3, 0.4) is 0 Å². The molecular weight excluding hydrogens is 575 g/mol. The first-order valence-corrected chi connectivity index (χ1v) is 12.5. The second kappa shape index (κ2) is 15.1. The standard InChI is InChI=1S/C26H29N5O5.C2HF3O2/c1-3-35-21-14-11-17(15-22(21)36-4-2)23(30-18-12-9-16(10-13-18)24(27)28)25(32)31(29)20-8-6-5-7-19(20)26(33)34;3-2(4,5)1(6)7/h5-15,23,30H,3-4,29H2,1-2H3,(H3,27,28)(H,33,34);(H,6,7). The van der Waals surface area contributed by atoms with Crippen LogP contribution in [-0.4, -0.2) is 53.3 Å². The lowest BCUT2D eigenvalue weighted by Gasteiger charge is -2.26. The van der Waals surface area contributed by atoms with Gasteiger partial charge in [-0.25, -0.2) is 20.4 Å². The molecule has 1 amide bonds. The molecule has 43 heavy (non-hydrogen) atoms. The molecule has 0 saturated heterocycles. The van der Waals surface area contributed by atoms with Gasteiger partial charge < -0.3 is 30.7 Å². The third kappa shape index (κ3) is 9.36. The number of anilines is 2. The van der Waals surface area contributed by atoms with Gasteiger partial charge >= 0.3 is 18.1 Å². The molecule has 3 aromatic rings. The highest BCUT2D eigenvalue weighted by atomic mass is 19.4. The van der Waals surface area contributed by atoms with Gasteiger partial charge in [0.2, 0.25) is 0 Å². The first-order chi connectivity index (χ1) is 20.2. The van der Waals surface area contributed by atoms with E-state index in [-0.39, 0.29) is 17.1 Å². The second-order valence-electron chi connectivity index (χ2n) is 8.47. The number of nitrogen functional groups attached to an aromatic ring is 1. The lowest BCUT2D eigenvalue weighted by molar-refractivity contribution is -0.192. The minimum atomic E-state index is -5.08. The molecule has 0 aliphatic heterocycles. The number of aromatic carboxylic acids is 1. The molecular formula is C28H30F3N5O7. The topological polar surface area (TPSA) is 201 Å². The van der Waals surface area contributed by atoms with Crippen LogP contribution in [0.25, 0.3) is 0 Å². The van der Waals surface area contributed by atoms with Crippen molar-refractivity contribution < 1.29 is 47.2 Å². The number of nitrogens with zero attached hydrogens (tertiary/aromatic N) is 1. The molecule has 230 valence electrons. The number of hydrogen-bond donors (Lipinski definition) is 6. The summed E-state index contributed by atoms with van der Waals surface area (Å²) in [7, 11) is 0. The normalized spacial score (nSPS) is 11.3. The van der Waals surface area contributed by atoms with Crippen LogP contribution in [-0.2, 0) is 9.59 Å². The van der Waals surface area contributed by atoms with E-state index in [2.05, 4.69) is 5.32 Å². The number of para-hydroxylation sites is 1. The average Bonchev–Trinajstić information content (AvgIpc) is 2.96. The van der Waals surface area contributed by atoms with Gasteiger partial charge in [0, 0.05) is 11.3 Å². The number of carboxylic acids is 2. The smallest absolute Gasteiger partial charge is 0.490 e. The SMILES string of the molecule is CCOc1ccc(C(Nc2ccc(C(=N)N)cc2)C(=O)N(N)c2ccccc2C(=O)O)cc1OCC.O=C(O)C(F)(F)F. The van der Waals surface area contributed by atoms with Gasteiger partial charge in [-0.2, -0.15) is 13.2 Å². The lowest BCUT2D eigenvalue weighted by atomic mass is 10.0. The summed E-state index contributed by atoms with van der Waals surface area (Å²) >= 11 is 0. The number of alkyl halides is 3. The van der Waals surface area contributed by atoms with E-state index in [4.69, 9.17) is 36.4 Å². The maximum absolute atomic E-state index is 13.7. The van der Waals surface area contributed by atoms with Gasteiger partial charge in [0.05, 0.1) is 24.5 Å². The number of benzene rings is 3. The molecule has 3 rings (SSSR count). The maximum atomic E-state index is 13.7. The van der Waals surface area contributed by atoms with Crippen LogP contribution in [0.4, 0.5) is 24.5 Å². The molecule has 0 fully saturated rings. The Bertz CT molecular complexity index is 1450. The van der Waals surface area contributed by atoms with E-state index in [9.17, 15) is 27.9 Å². The van der Waals surface area contributed by atoms with Crippen LogP contribution in [0.1, 0.15) is 41.4 Å². The minimum absolute atomic E-state index is 0.0460. The van der Waals surface area contributed by atoms with Gasteiger partial charge in [0.1, 0.15) is 11.9 Å². The number of hydrogen-bond acceptors (Lipinski definition) is 8. The Kier molecular flexibility index (Phi) is 11.9. The number of amidine groups is 1. The molecule has 15 heteroatoms. The van der Waals surface area contributed by atoms with Crippen molar-refractivity contribution in [1.82, 2.24) is 0 Å². The summed E-state index contributed by atoms with van der Waals surface area (Å²) in [4.78, 5) is 34.3. The quantitative estimate of drug-likeness (QED) is 0.0606. The number of carboxylic acid groups (broad SMARTS) is 2. The zero-order valence-corrected chi connectivity index (χ0v) is 23.0. The molecule has 0 radical (unpaired) electrons. The van der Waals surface area contributed by atoms with Crippen LogP contribution >= 0.6 is 0 Å². The first kappa shape index (κ1) is 33.9. The Labute approximate surface area is 244 Å². The van der Waals surface area contributed by atoms with E-state index in [1.807, 2.05) is 13.8 Å². The Morgan fingerprint density at radius 1 is 0.953 bits per heavy atom. The van der Waals surface area contributed by atoms with E-state index in [1.54, 1.807) is 54.6 Å². The Hall–Kier alpha value is -5.31. The Balaban J connectivity index is 0.000000821. The summed E-state index contributed by atoms with van der Waals surface area (Å²) < 4.78 is 43.1. The second-order valence-corrected chi connectivity index (χ2v) is 8.47. The number of hydrazine groups is 1. The molecule has 0 aliphatic carbocycles. The monoisotopic (exact) mass is 605 g/mol. The van der Waals surface area contributed by atoms with Gasteiger partial charge in [0.15, 0.2) is 11.5 Å². The van der Waals surface area contributed by atoms with Crippen LogP contribution in [0.5, 0.6) is 11.5 Å². The molecule has 12 nitrogen and oxygen atoms in total. The number of halogens is 3. The van der Waals surface area contributed by atoms with Gasteiger partial charge in [-0.05, 0) is 67.9 Å². The predicted octanol–water partition coefficient (Wildman–Crippen LogP) is 4.16. The molecule has 0 aliphatic rings. The largest absolute Gasteiger partial charge is 0.490 e. The molecule has 1 unspecified atom stereocenters. The highest BCUT2D eigenvalue weighted by molar-refractivity contribution is 6.04. The number of amides is 1. The summed E-state index contributed by atoms with van der Waals surface area (Å²) in [5.41, 5.74) is 7.08. The van der Waals surface area contributed by atoms with Crippen molar-refractivity contribution in [1.29, 1.82) is 5.41 Å². The summed E-state index contributed by atoms with van der Waals surface area (Å²) in [5, 5.41) is 28.2. The van der Waals surface area contributed by atoms with Gasteiger partial charge in [-0.15, -0.1) is 0 Å². The number of carbonyl (C=O) groups is 3. The summed E-state index contributed by atoms with van der Waals surface area (Å²) in [6.45, 7) is 4.51. The molecule has 0 spiro atoms. The van der Waals surface area contributed by atoms with Gasteiger partial charge in [0.25, 0.3) is 5.91 Å². The van der Waals surface area contributed by atoms with E-state index in [1.165, 1.54) is 12.1 Å². The van der Waals surface area contributed by atoms with Crippen molar-refractivity contribution >= 4 is 35.1 Å². The highest BCUT2D eigenvalue weighted by Gasteiger charge is 2.38. The summed E-state index contributed by atoms with van der Waals surface area (Å²) in [5.74, 6) is 2.52. The van der Waals surface area contributed by atoms with Crippen LogP contribution < -0.4 is 31.4 Å². The summed E-state index contributed by atoms with van der Waals surface area (Å²) in [6.07, 6.45) is -5.08. The van der Waals surface area contributed by atoms with Crippen molar-refractivity contribution in [2.75, 3.05) is 23.5 Å². The van der Waals surface area contributed by atoms with Crippen molar-refractivity contribution in [3.05, 3.63) is 83.4 Å². The number of nitrogens with one attached hydrogen (secondary N) is 2. The third-order valence-electron chi connectivity index (χ3n) is 5.53. The molecule has 0 saturated carbocycles. The fourth-order valence-electron chi connectivity index (χ4n) is 3.57. The Morgan fingerprint density at radius 2 is 1.51 bits per heavy atom. The van der Waals surface area contributed by atoms with Crippen molar-refractivity contribution in [3.8, 4) is 11.5 Å². The minimum Gasteiger partial charge on any atom is -0.490 e. The number of ether oxygens (including phenoxy) is 2. The zero-order chi connectivity index (χ0) is 32.3. The van der Waals surface area contributed by atoms with Gasteiger partial charge in [-0.1, -0.05) is 18.2 Å². The fourth-order valence-corrected chi connectivity index (χ4v) is 3.57. The number of carbonyl (C=O) groups excluding carboxylic acids is 1. The van der Waals surface area contributed by atoms with E-state index in [0.29, 0.717) is 41.5 Å². The van der Waals surface area contributed by atoms with E-state index >= 15 is 0 Å². The molecule has 0 aromatic heterocycles. The average molecular weight is 606 g/mol. The highest BCUT2D eigenvalue weighted by Crippen LogP contribution is 2.33. The summed E-state index contributed by atoms with van der Waals surface area (Å²) in [6, 6.07) is 16.7. The first-order valence-electron chi connectivity index (χ1n) is 12.5. The van der Waals surface area contributed by atoms with Crippen molar-refractivity contribution in [3.63, 3.8) is 0 Å². The lowest BCUT2D eigenvalue weighted by Crippen LogP contribution is -2.43. The zero-order valence-electron chi connectivity index (χ0n) is 23.0. The van der Waals surface area contributed by atoms with Gasteiger partial charge in [-0.3, -0.25) is 10.2 Å². The molecule has 1 atom stereocenters. The van der Waals surface area contributed by atoms with Crippen LogP contribution in [0.15, 0.2) is 66.7 Å². The molecule has 8 N–H and O–H groups in total. The van der Waals surface area contributed by atoms with E-state index in [0.717, 1.165) is 5.01 Å².